The lowest BCUT2D eigenvalue weighted by Crippen LogP contribution is -2.46. The molecule has 4 aromatic carbocycles. The number of pyridine rings is 3. The Morgan fingerprint density at radius 2 is 1.43 bits per heavy atom. The summed E-state index contributed by atoms with van der Waals surface area (Å²) in [5.74, 6) is 0.391. The van der Waals surface area contributed by atoms with Crippen LogP contribution in [0.5, 0.6) is 0 Å². The van der Waals surface area contributed by atoms with Gasteiger partial charge in [0.15, 0.2) is 6.20 Å². The lowest BCUT2D eigenvalue weighted by Gasteiger charge is -2.26. The van der Waals surface area contributed by atoms with E-state index < -0.39 is 0 Å². The highest BCUT2D eigenvalue weighted by atomic mass is 15.1. The van der Waals surface area contributed by atoms with Gasteiger partial charge in [-0.25, -0.2) is 0 Å². The number of aromatic nitrogens is 3. The highest BCUT2D eigenvalue weighted by Crippen LogP contribution is 2.51. The average molecular weight is 536 g/mol. The van der Waals surface area contributed by atoms with Crippen LogP contribution < -0.4 is 8.97 Å². The summed E-state index contributed by atoms with van der Waals surface area (Å²) in [5, 5.41) is 8.06. The van der Waals surface area contributed by atoms with Gasteiger partial charge < -0.3 is 4.40 Å². The zero-order valence-corrected chi connectivity index (χ0v) is 22.8. The van der Waals surface area contributed by atoms with E-state index in [9.17, 15) is 0 Å². The Labute approximate surface area is 241 Å². The molecular formula is C39H25N3+2. The summed E-state index contributed by atoms with van der Waals surface area (Å²) in [7, 11) is 0. The van der Waals surface area contributed by atoms with Gasteiger partial charge in [-0.1, -0.05) is 42.5 Å². The van der Waals surface area contributed by atoms with Gasteiger partial charge in [0.05, 0.1) is 38.7 Å². The first-order chi connectivity index (χ1) is 20.9. The maximum absolute atomic E-state index is 2.54. The third-order valence-electron chi connectivity index (χ3n) is 10.3. The van der Waals surface area contributed by atoms with Crippen LogP contribution in [-0.4, -0.2) is 4.40 Å². The third-order valence-corrected chi connectivity index (χ3v) is 10.3. The van der Waals surface area contributed by atoms with Crippen LogP contribution >= 0.6 is 0 Å². The van der Waals surface area contributed by atoms with Crippen molar-refractivity contribution in [1.82, 2.24) is 4.40 Å². The second kappa shape index (κ2) is 7.32. The second-order valence-corrected chi connectivity index (χ2v) is 12.1. The highest BCUT2D eigenvalue weighted by molar-refractivity contribution is 6.20. The number of benzene rings is 4. The van der Waals surface area contributed by atoms with Crippen LogP contribution in [0.25, 0.3) is 65.6 Å². The van der Waals surface area contributed by atoms with Crippen molar-refractivity contribution < 1.29 is 8.97 Å². The summed E-state index contributed by atoms with van der Waals surface area (Å²) in [4.78, 5) is 0. The van der Waals surface area contributed by atoms with Gasteiger partial charge in [-0.2, -0.15) is 8.97 Å². The molecule has 3 heteroatoms. The summed E-state index contributed by atoms with van der Waals surface area (Å²) >= 11 is 0. The Kier molecular flexibility index (Phi) is 3.74. The second-order valence-electron chi connectivity index (χ2n) is 12.1. The minimum absolute atomic E-state index is 0.245. The fourth-order valence-corrected chi connectivity index (χ4v) is 8.74. The van der Waals surface area contributed by atoms with Crippen LogP contribution in [-0.2, 0) is 6.42 Å². The maximum atomic E-state index is 2.54. The quantitative estimate of drug-likeness (QED) is 0.138. The largest absolute Gasteiger partial charge is 0.314 e. The Balaban J connectivity index is 1.33. The molecule has 0 N–H and O–H groups in total. The monoisotopic (exact) mass is 535 g/mol. The predicted molar refractivity (Wildman–Crippen MR) is 168 cm³/mol. The first-order valence-corrected chi connectivity index (χ1v) is 14.9. The molecule has 5 aromatic heterocycles. The van der Waals surface area contributed by atoms with Crippen molar-refractivity contribution in [1.29, 1.82) is 0 Å². The number of rotatable bonds is 0. The molecule has 0 fully saturated rings. The van der Waals surface area contributed by atoms with Gasteiger partial charge in [0, 0.05) is 41.4 Å². The van der Waals surface area contributed by atoms with Crippen LogP contribution in [0, 0.1) is 0 Å². The van der Waals surface area contributed by atoms with E-state index >= 15 is 0 Å². The molecule has 11 rings (SSSR count). The zero-order valence-electron chi connectivity index (χ0n) is 22.8. The van der Waals surface area contributed by atoms with Gasteiger partial charge in [-0.3, -0.25) is 0 Å². The Morgan fingerprint density at radius 3 is 2.40 bits per heavy atom. The summed E-state index contributed by atoms with van der Waals surface area (Å²) in [5.41, 5.74) is 12.3. The molecule has 6 heterocycles. The van der Waals surface area contributed by atoms with Gasteiger partial charge in [0.25, 0.3) is 0 Å². The molecular weight excluding hydrogens is 510 g/mol. The molecule has 0 bridgehead atoms. The van der Waals surface area contributed by atoms with Crippen molar-refractivity contribution in [2.24, 2.45) is 0 Å². The Hall–Kier alpha value is -5.28. The molecule has 2 aliphatic rings. The lowest BCUT2D eigenvalue weighted by molar-refractivity contribution is -0.707. The Bertz CT molecular complexity index is 2630. The molecule has 9 aromatic rings. The van der Waals surface area contributed by atoms with E-state index in [1.54, 1.807) is 0 Å². The van der Waals surface area contributed by atoms with Crippen molar-refractivity contribution in [2.75, 3.05) is 0 Å². The number of hydrogen-bond donors (Lipinski definition) is 0. The number of nitrogens with zero attached hydrogens (tertiary/aromatic N) is 3. The summed E-state index contributed by atoms with van der Waals surface area (Å²) in [6, 6.07) is 43.3. The van der Waals surface area contributed by atoms with Crippen molar-refractivity contribution in [3.8, 4) is 11.3 Å². The molecule has 1 aliphatic carbocycles. The first-order valence-electron chi connectivity index (χ1n) is 14.9. The minimum atomic E-state index is 0.245. The molecule has 3 nitrogen and oxygen atoms in total. The smallest absolute Gasteiger partial charge is 0.227 e. The van der Waals surface area contributed by atoms with Crippen molar-refractivity contribution in [3.63, 3.8) is 0 Å². The van der Waals surface area contributed by atoms with E-state index in [2.05, 4.69) is 141 Å². The maximum Gasteiger partial charge on any atom is 0.227 e. The normalized spacial score (nSPS) is 17.4. The van der Waals surface area contributed by atoms with Crippen molar-refractivity contribution in [3.05, 3.63) is 144 Å². The van der Waals surface area contributed by atoms with Crippen molar-refractivity contribution in [2.45, 2.75) is 18.4 Å². The summed E-state index contributed by atoms with van der Waals surface area (Å²) in [6.07, 6.45) is 5.60. The molecule has 42 heavy (non-hydrogen) atoms. The number of para-hydroxylation sites is 2. The zero-order chi connectivity index (χ0) is 27.1. The first kappa shape index (κ1) is 21.5. The van der Waals surface area contributed by atoms with Gasteiger partial charge in [0.2, 0.25) is 28.3 Å². The van der Waals surface area contributed by atoms with Gasteiger partial charge >= 0.3 is 0 Å². The minimum Gasteiger partial charge on any atom is -0.314 e. The topological polar surface area (TPSA) is 12.4 Å². The molecule has 2 unspecified atom stereocenters. The molecule has 1 aliphatic heterocycles. The molecule has 0 radical (unpaired) electrons. The average Bonchev–Trinajstić information content (AvgIpc) is 3.72. The molecule has 0 spiro atoms. The third kappa shape index (κ3) is 2.38. The predicted octanol–water partition coefficient (Wildman–Crippen LogP) is 7.93. The van der Waals surface area contributed by atoms with Crippen LogP contribution in [0.3, 0.4) is 0 Å². The molecule has 0 saturated carbocycles. The van der Waals surface area contributed by atoms with E-state index in [-0.39, 0.29) is 6.04 Å². The van der Waals surface area contributed by atoms with Crippen LogP contribution in [0.15, 0.2) is 128 Å². The van der Waals surface area contributed by atoms with Gasteiger partial charge in [-0.15, -0.1) is 0 Å². The fraction of sp³-hybridized carbons (Fsp3) is 0.0769. The summed E-state index contributed by atoms with van der Waals surface area (Å²) < 4.78 is 7.55. The van der Waals surface area contributed by atoms with Crippen LogP contribution in [0.2, 0.25) is 0 Å². The van der Waals surface area contributed by atoms with Crippen LogP contribution in [0.1, 0.15) is 28.8 Å². The van der Waals surface area contributed by atoms with E-state index in [4.69, 9.17) is 0 Å². The van der Waals surface area contributed by atoms with Gasteiger partial charge in [0.1, 0.15) is 0 Å². The van der Waals surface area contributed by atoms with E-state index in [1.165, 1.54) is 82.5 Å². The molecule has 2 atom stereocenters. The van der Waals surface area contributed by atoms with E-state index in [1.807, 2.05) is 0 Å². The highest BCUT2D eigenvalue weighted by Gasteiger charge is 2.48. The Morgan fingerprint density at radius 1 is 0.619 bits per heavy atom. The van der Waals surface area contributed by atoms with E-state index in [0.717, 1.165) is 6.42 Å². The lowest BCUT2D eigenvalue weighted by atomic mass is 9.84. The number of hydrogen-bond acceptors (Lipinski definition) is 0. The van der Waals surface area contributed by atoms with E-state index in [0.29, 0.717) is 5.92 Å². The summed E-state index contributed by atoms with van der Waals surface area (Å²) in [6.45, 7) is 0. The molecule has 194 valence electrons. The fourth-order valence-electron chi connectivity index (χ4n) is 8.74. The van der Waals surface area contributed by atoms with Crippen LogP contribution in [0.4, 0.5) is 0 Å². The van der Waals surface area contributed by atoms with Crippen molar-refractivity contribution >= 4 is 54.4 Å². The molecule has 0 saturated heterocycles. The standard InChI is InChI=1S/C39H25N3/c1-2-11-24-23(10-1)31-21-32-28-22-36-29(27-14-9-13-26-25-12-3-4-17-35(25)42(36)37(26)27)20-30(28)34-16-6-8-19-41(34)39(32)38(31)40-18-7-5-15-33(24)40/h1-20,22,31,38H,21H2/q+2. The SMILES string of the molecule is c1ccc2c(c1)-c1cccc[n+]1C1c3c(c4cc5c(cc4c4ccccn34)c3cccc4c6ccccc6[n+]5c43)CC21. The van der Waals surface area contributed by atoms with Gasteiger partial charge in [-0.05, 0) is 71.5 Å². The molecule has 0 amide bonds. The number of fused-ring (bicyclic) bond motifs is 19.